The first-order chi connectivity index (χ1) is 8.02. The molecule has 0 aliphatic carbocycles. The zero-order chi connectivity index (χ0) is 12.8. The molecule has 0 bridgehead atoms. The maximum absolute atomic E-state index is 11.2. The molecule has 0 saturated heterocycles. The van der Waals surface area contributed by atoms with E-state index >= 15 is 0 Å². The number of anilines is 1. The maximum Gasteiger partial charge on any atom is 0.344 e. The highest BCUT2D eigenvalue weighted by atomic mass is 16.6. The molecule has 0 aliphatic heterocycles. The predicted molar refractivity (Wildman–Crippen MR) is 64.1 cm³/mol. The maximum atomic E-state index is 11.2. The highest BCUT2D eigenvalue weighted by Gasteiger charge is 2.08. The van der Waals surface area contributed by atoms with Gasteiger partial charge in [-0.05, 0) is 26.0 Å². The second-order valence-electron chi connectivity index (χ2n) is 3.73. The van der Waals surface area contributed by atoms with Crippen LogP contribution in [0, 0.1) is 0 Å². The van der Waals surface area contributed by atoms with Gasteiger partial charge in [0.25, 0.3) is 0 Å². The summed E-state index contributed by atoms with van der Waals surface area (Å²) in [7, 11) is 1.55. The molecule has 5 nitrogen and oxygen atoms in total. The quantitative estimate of drug-likeness (QED) is 0.624. The molecule has 0 spiro atoms. The van der Waals surface area contributed by atoms with Crippen molar-refractivity contribution in [3.05, 3.63) is 18.2 Å². The van der Waals surface area contributed by atoms with E-state index in [0.717, 1.165) is 0 Å². The lowest BCUT2D eigenvalue weighted by molar-refractivity contribution is -0.149. The molecular weight excluding hydrogens is 222 g/mol. The van der Waals surface area contributed by atoms with Gasteiger partial charge >= 0.3 is 5.97 Å². The third kappa shape index (κ3) is 4.22. The first kappa shape index (κ1) is 13.2. The van der Waals surface area contributed by atoms with E-state index in [0.29, 0.717) is 17.2 Å². The summed E-state index contributed by atoms with van der Waals surface area (Å²) in [5.41, 5.74) is 6.15. The van der Waals surface area contributed by atoms with Gasteiger partial charge in [-0.1, -0.05) is 0 Å². The van der Waals surface area contributed by atoms with Crippen LogP contribution in [0.5, 0.6) is 11.5 Å². The molecular formula is C12H17NO4. The van der Waals surface area contributed by atoms with Crippen LogP contribution in [0.25, 0.3) is 0 Å². The van der Waals surface area contributed by atoms with Crippen molar-refractivity contribution in [3.63, 3.8) is 0 Å². The van der Waals surface area contributed by atoms with Crippen LogP contribution in [0.1, 0.15) is 13.8 Å². The van der Waals surface area contributed by atoms with Gasteiger partial charge in [-0.15, -0.1) is 0 Å². The summed E-state index contributed by atoms with van der Waals surface area (Å²) in [4.78, 5) is 11.2. The molecule has 1 aromatic carbocycles. The molecule has 0 aliphatic rings. The van der Waals surface area contributed by atoms with Crippen LogP contribution in [0.2, 0.25) is 0 Å². The molecule has 0 saturated carbocycles. The normalized spacial score (nSPS) is 10.1. The van der Waals surface area contributed by atoms with Crippen molar-refractivity contribution in [1.82, 2.24) is 0 Å². The zero-order valence-corrected chi connectivity index (χ0v) is 10.2. The minimum Gasteiger partial charge on any atom is -0.497 e. The minimum absolute atomic E-state index is 0.153. The smallest absolute Gasteiger partial charge is 0.344 e. The summed E-state index contributed by atoms with van der Waals surface area (Å²) in [6, 6.07) is 4.99. The van der Waals surface area contributed by atoms with E-state index < -0.39 is 5.97 Å². The lowest BCUT2D eigenvalue weighted by Gasteiger charge is -2.11. The fraction of sp³-hybridized carbons (Fsp3) is 0.417. The lowest BCUT2D eigenvalue weighted by Crippen LogP contribution is -2.19. The molecule has 0 unspecified atom stereocenters. The summed E-state index contributed by atoms with van der Waals surface area (Å²) < 4.78 is 15.2. The van der Waals surface area contributed by atoms with Gasteiger partial charge in [0.1, 0.15) is 11.5 Å². The first-order valence-corrected chi connectivity index (χ1v) is 5.28. The lowest BCUT2D eigenvalue weighted by atomic mass is 10.3. The summed E-state index contributed by atoms with van der Waals surface area (Å²) in [5.74, 6) is 0.654. The third-order valence-electron chi connectivity index (χ3n) is 1.93. The van der Waals surface area contributed by atoms with Crippen LogP contribution in [-0.4, -0.2) is 25.8 Å². The fourth-order valence-corrected chi connectivity index (χ4v) is 1.22. The van der Waals surface area contributed by atoms with Crippen molar-refractivity contribution in [3.8, 4) is 11.5 Å². The van der Waals surface area contributed by atoms with E-state index in [-0.39, 0.29) is 12.7 Å². The molecule has 2 N–H and O–H groups in total. The molecule has 0 atom stereocenters. The molecule has 0 amide bonds. The van der Waals surface area contributed by atoms with Gasteiger partial charge < -0.3 is 19.9 Å². The van der Waals surface area contributed by atoms with Crippen molar-refractivity contribution in [1.29, 1.82) is 0 Å². The number of nitrogens with two attached hydrogens (primary N) is 1. The van der Waals surface area contributed by atoms with Gasteiger partial charge in [0.15, 0.2) is 6.61 Å². The number of hydrogen-bond donors (Lipinski definition) is 1. The first-order valence-electron chi connectivity index (χ1n) is 5.28. The van der Waals surface area contributed by atoms with Crippen LogP contribution >= 0.6 is 0 Å². The van der Waals surface area contributed by atoms with Crippen molar-refractivity contribution < 1.29 is 19.0 Å². The van der Waals surface area contributed by atoms with E-state index in [1.165, 1.54) is 0 Å². The largest absolute Gasteiger partial charge is 0.497 e. The van der Waals surface area contributed by atoms with Crippen molar-refractivity contribution >= 4 is 11.7 Å². The van der Waals surface area contributed by atoms with Crippen molar-refractivity contribution in [2.24, 2.45) is 0 Å². The Bertz CT molecular complexity index is 390. The molecule has 17 heavy (non-hydrogen) atoms. The zero-order valence-electron chi connectivity index (χ0n) is 10.2. The third-order valence-corrected chi connectivity index (χ3v) is 1.93. The average Bonchev–Trinajstić information content (AvgIpc) is 2.26. The Morgan fingerprint density at radius 3 is 2.65 bits per heavy atom. The standard InChI is InChI=1S/C12H17NO4/c1-8(2)17-12(14)7-16-11-5-4-9(15-3)6-10(11)13/h4-6,8H,7,13H2,1-3H3. The van der Waals surface area contributed by atoms with Crippen molar-refractivity contribution in [2.75, 3.05) is 19.5 Å². The highest BCUT2D eigenvalue weighted by molar-refractivity contribution is 5.71. The molecule has 5 heteroatoms. The van der Waals surface area contributed by atoms with E-state index in [1.54, 1.807) is 39.2 Å². The van der Waals surface area contributed by atoms with Crippen LogP contribution in [0.4, 0.5) is 5.69 Å². The molecule has 0 radical (unpaired) electrons. The summed E-state index contributed by atoms with van der Waals surface area (Å²) in [5, 5.41) is 0. The molecule has 0 heterocycles. The van der Waals surface area contributed by atoms with Gasteiger partial charge in [0, 0.05) is 6.07 Å². The Kier molecular flexibility index (Phi) is 4.63. The highest BCUT2D eigenvalue weighted by Crippen LogP contribution is 2.26. The van der Waals surface area contributed by atoms with Crippen molar-refractivity contribution in [2.45, 2.75) is 20.0 Å². The number of ether oxygens (including phenoxy) is 3. The van der Waals surface area contributed by atoms with Crippen LogP contribution in [0.3, 0.4) is 0 Å². The number of benzene rings is 1. The SMILES string of the molecule is COc1ccc(OCC(=O)OC(C)C)c(N)c1. The summed E-state index contributed by atoms with van der Waals surface area (Å²) in [6.45, 7) is 3.40. The Labute approximate surface area is 100 Å². The Hall–Kier alpha value is -1.91. The number of hydrogen-bond acceptors (Lipinski definition) is 5. The average molecular weight is 239 g/mol. The number of nitrogen functional groups attached to an aromatic ring is 1. The monoisotopic (exact) mass is 239 g/mol. The Morgan fingerprint density at radius 2 is 2.12 bits per heavy atom. The Balaban J connectivity index is 2.55. The summed E-state index contributed by atoms with van der Waals surface area (Å²) in [6.07, 6.45) is -0.153. The summed E-state index contributed by atoms with van der Waals surface area (Å²) >= 11 is 0. The second-order valence-corrected chi connectivity index (χ2v) is 3.73. The number of methoxy groups -OCH3 is 1. The van der Waals surface area contributed by atoms with Gasteiger partial charge in [-0.2, -0.15) is 0 Å². The van der Waals surface area contributed by atoms with Crippen LogP contribution in [-0.2, 0) is 9.53 Å². The van der Waals surface area contributed by atoms with Gasteiger partial charge in [-0.3, -0.25) is 0 Å². The van der Waals surface area contributed by atoms with Gasteiger partial charge in [0.2, 0.25) is 0 Å². The van der Waals surface area contributed by atoms with E-state index in [9.17, 15) is 4.79 Å². The fourth-order valence-electron chi connectivity index (χ4n) is 1.22. The second kappa shape index (κ2) is 5.98. The van der Waals surface area contributed by atoms with Crippen LogP contribution in [0.15, 0.2) is 18.2 Å². The van der Waals surface area contributed by atoms with Gasteiger partial charge in [-0.25, -0.2) is 4.79 Å². The minimum atomic E-state index is -0.421. The number of carbonyl (C=O) groups excluding carboxylic acids is 1. The Morgan fingerprint density at radius 1 is 1.41 bits per heavy atom. The topological polar surface area (TPSA) is 70.8 Å². The van der Waals surface area contributed by atoms with Crippen LogP contribution < -0.4 is 15.2 Å². The molecule has 1 aromatic rings. The predicted octanol–water partition coefficient (Wildman–Crippen LogP) is 1.61. The van der Waals surface area contributed by atoms with E-state index in [2.05, 4.69) is 0 Å². The molecule has 0 fully saturated rings. The van der Waals surface area contributed by atoms with Gasteiger partial charge in [0.05, 0.1) is 18.9 Å². The number of rotatable bonds is 5. The van der Waals surface area contributed by atoms with E-state index in [1.807, 2.05) is 0 Å². The molecule has 94 valence electrons. The molecule has 0 aromatic heterocycles. The van der Waals surface area contributed by atoms with E-state index in [4.69, 9.17) is 19.9 Å². The number of carbonyl (C=O) groups is 1. The number of esters is 1. The molecule has 1 rings (SSSR count).